The lowest BCUT2D eigenvalue weighted by atomic mass is 10.00. The predicted molar refractivity (Wildman–Crippen MR) is 342 cm³/mol. The Morgan fingerprint density at radius 2 is 0.899 bits per heavy atom. The molecule has 10 atom stereocenters. The van der Waals surface area contributed by atoms with E-state index in [4.69, 9.17) is 17.2 Å². The molecule has 89 heavy (non-hydrogen) atoms. The van der Waals surface area contributed by atoms with Gasteiger partial charge in [0.2, 0.25) is 47.3 Å². The summed E-state index contributed by atoms with van der Waals surface area (Å²) in [4.78, 5) is 130. The molecule has 6 rings (SSSR count). The standard InChI is InChI=1S/C63H78N12O12S2/c1-36(76)54(62(85)72-50(30-38-14-6-3-7-15-38)59(82)74-53(35-89)63(86)87)75-56(79)47(18-10-11-27-64)68-60(83)51(32-41-33-67-46-17-9-8-16-44(41)46)71-58(81)49(31-40-19-23-42(65)24-20-40)69-57(80)48(29-37-12-4-2-5-13-37)70-61(84)52(34-88)73-55(78)45(66)28-39-21-25-43(77)26-22-39/h2-9,12-17,19-26,33,36,45,47-54,67,76-77,88-89H,10-11,18,27-32,34-35,64-66H2,1H3,(H,68,83)(H,69,80)(H,70,84)(H,71,81)(H,72,85)(H,73,78)(H,74,82)(H,75,79)(H,86,87)/t36-,45+,47+,48+,49+,50+,51-,52+,53+,54+/m1/s1. The van der Waals surface area contributed by atoms with Crippen molar-refractivity contribution in [2.75, 3.05) is 23.8 Å². The van der Waals surface area contributed by atoms with E-state index in [-0.39, 0.29) is 68.7 Å². The number of fused-ring (bicyclic) bond motifs is 1. The molecule has 0 fully saturated rings. The molecule has 6 aromatic rings. The Hall–Kier alpha value is -8.95. The summed E-state index contributed by atoms with van der Waals surface area (Å²) in [6.07, 6.45) is 0.206. The maximum Gasteiger partial charge on any atom is 0.327 e. The fraction of sp³-hybridized carbons (Fsp3) is 0.349. The Morgan fingerprint density at radius 3 is 1.40 bits per heavy atom. The molecule has 0 unspecified atom stereocenters. The van der Waals surface area contributed by atoms with E-state index >= 15 is 9.59 Å². The molecule has 0 aliphatic carbocycles. The molecule has 0 radical (unpaired) electrons. The molecular weight excluding hydrogens is 1180 g/mol. The van der Waals surface area contributed by atoms with Gasteiger partial charge in [-0.05, 0) is 97.3 Å². The molecule has 1 aromatic heterocycles. The molecule has 26 heteroatoms. The van der Waals surface area contributed by atoms with Crippen LogP contribution in [0.1, 0.15) is 54.0 Å². The summed E-state index contributed by atoms with van der Waals surface area (Å²) < 4.78 is 0. The van der Waals surface area contributed by atoms with Crippen LogP contribution in [0.15, 0.2) is 140 Å². The molecular formula is C63H78N12O12S2. The number of nitrogens with two attached hydrogens (primary N) is 3. The lowest BCUT2D eigenvalue weighted by Crippen LogP contribution is -2.62. The first-order valence-corrected chi connectivity index (χ1v) is 30.2. The number of hydrogen-bond acceptors (Lipinski definition) is 16. The minimum Gasteiger partial charge on any atom is -0.508 e. The van der Waals surface area contributed by atoms with Crippen molar-refractivity contribution in [1.82, 2.24) is 47.5 Å². The summed E-state index contributed by atoms with van der Waals surface area (Å²) in [6, 6.07) is 24.3. The second kappa shape index (κ2) is 34.6. The Morgan fingerprint density at radius 1 is 0.483 bits per heavy atom. The van der Waals surface area contributed by atoms with Gasteiger partial charge in [0.25, 0.3) is 0 Å². The van der Waals surface area contributed by atoms with E-state index in [9.17, 15) is 48.9 Å². The Bertz CT molecular complexity index is 3340. The number of amides is 8. The van der Waals surface area contributed by atoms with E-state index in [0.29, 0.717) is 50.8 Å². The highest BCUT2D eigenvalue weighted by atomic mass is 32.1. The number of anilines is 1. The minimum absolute atomic E-state index is 0.0274. The van der Waals surface area contributed by atoms with E-state index in [1.54, 1.807) is 115 Å². The number of phenols is 1. The molecule has 0 aliphatic rings. The molecule has 474 valence electrons. The Balaban J connectivity index is 1.28. The van der Waals surface area contributed by atoms with Crippen molar-refractivity contribution >= 4 is 95.1 Å². The van der Waals surface area contributed by atoms with Gasteiger partial charge in [0.05, 0.1) is 12.1 Å². The molecule has 0 spiro atoms. The van der Waals surface area contributed by atoms with Gasteiger partial charge in [-0.15, -0.1) is 0 Å². The number of aliphatic hydroxyl groups is 1. The topological polar surface area (TPSA) is 404 Å². The first-order valence-electron chi connectivity index (χ1n) is 28.9. The van der Waals surface area contributed by atoms with Crippen LogP contribution in [0.5, 0.6) is 5.75 Å². The number of unbranched alkanes of at least 4 members (excludes halogenated alkanes) is 1. The van der Waals surface area contributed by atoms with Crippen LogP contribution in [0.4, 0.5) is 5.69 Å². The van der Waals surface area contributed by atoms with Gasteiger partial charge in [0, 0.05) is 60.0 Å². The third kappa shape index (κ3) is 21.4. The van der Waals surface area contributed by atoms with Gasteiger partial charge in [-0.1, -0.05) is 103 Å². The number of aromatic nitrogens is 1. The maximum atomic E-state index is 15.1. The van der Waals surface area contributed by atoms with Crippen LogP contribution in [0.3, 0.4) is 0 Å². The van der Waals surface area contributed by atoms with Gasteiger partial charge in [0.1, 0.15) is 54.1 Å². The van der Waals surface area contributed by atoms with E-state index in [0.717, 1.165) is 0 Å². The van der Waals surface area contributed by atoms with Crippen LogP contribution in [0.2, 0.25) is 0 Å². The average Bonchev–Trinajstić information content (AvgIpc) is 3.91. The number of aromatic amines is 1. The van der Waals surface area contributed by atoms with Crippen LogP contribution in [-0.4, -0.2) is 152 Å². The van der Waals surface area contributed by atoms with Gasteiger partial charge in [-0.25, -0.2) is 4.79 Å². The molecule has 24 nitrogen and oxygen atoms in total. The van der Waals surface area contributed by atoms with E-state index in [1.807, 2.05) is 12.1 Å². The highest BCUT2D eigenvalue weighted by Crippen LogP contribution is 2.21. The van der Waals surface area contributed by atoms with Gasteiger partial charge in [-0.2, -0.15) is 25.3 Å². The van der Waals surface area contributed by atoms with Crippen molar-refractivity contribution in [2.24, 2.45) is 11.5 Å². The van der Waals surface area contributed by atoms with Crippen molar-refractivity contribution in [2.45, 2.75) is 119 Å². The monoisotopic (exact) mass is 1260 g/mol. The number of carboxylic acid groups (broad SMARTS) is 1. The summed E-state index contributed by atoms with van der Waals surface area (Å²) in [5.74, 6) is -8.70. The highest BCUT2D eigenvalue weighted by Gasteiger charge is 2.37. The number of H-pyrrole nitrogens is 1. The molecule has 0 saturated carbocycles. The number of carboxylic acids is 1. The maximum absolute atomic E-state index is 15.1. The van der Waals surface area contributed by atoms with Crippen molar-refractivity contribution in [3.8, 4) is 5.75 Å². The summed E-state index contributed by atoms with van der Waals surface area (Å²) in [6.45, 7) is 1.44. The number of para-hydroxylation sites is 1. The molecule has 8 amide bonds. The number of nitrogens with one attached hydrogen (secondary N) is 9. The van der Waals surface area contributed by atoms with Crippen molar-refractivity contribution in [3.63, 3.8) is 0 Å². The highest BCUT2D eigenvalue weighted by molar-refractivity contribution is 7.80. The van der Waals surface area contributed by atoms with Crippen molar-refractivity contribution in [1.29, 1.82) is 0 Å². The number of aliphatic hydroxyl groups excluding tert-OH is 1. The SMILES string of the molecule is C[C@@H](O)[C@H](NC(=O)[C@H](CCCCN)NC(=O)[C@@H](Cc1c[nH]c2ccccc12)NC(=O)[C@H](Cc1ccc(N)cc1)NC(=O)[C@H](Cc1ccccc1)NC(=O)[C@H](CS)NC(=O)[C@@H](N)Cc1ccc(O)cc1)C(=O)N[C@@H](Cc1ccccc1)C(=O)N[C@@H](CS)C(=O)O. The number of phenolic OH excluding ortho intramolecular Hbond substituents is 1. The van der Waals surface area contributed by atoms with Crippen LogP contribution in [0.25, 0.3) is 10.9 Å². The lowest BCUT2D eigenvalue weighted by molar-refractivity contribution is -0.141. The van der Waals surface area contributed by atoms with Crippen LogP contribution in [0, 0.1) is 0 Å². The minimum atomic E-state index is -1.74. The fourth-order valence-electron chi connectivity index (χ4n) is 9.63. The van der Waals surface area contributed by atoms with Gasteiger partial charge in [-0.3, -0.25) is 38.4 Å². The van der Waals surface area contributed by atoms with Crippen LogP contribution < -0.4 is 59.7 Å². The number of carbonyl (C=O) groups excluding carboxylic acids is 8. The number of benzene rings is 5. The number of hydrogen-bond donors (Lipinski definition) is 17. The zero-order valence-corrected chi connectivity index (χ0v) is 50.8. The Labute approximate surface area is 525 Å². The third-order valence-electron chi connectivity index (χ3n) is 14.6. The second-order valence-corrected chi connectivity index (χ2v) is 22.2. The van der Waals surface area contributed by atoms with Crippen LogP contribution in [-0.2, 0) is 75.3 Å². The third-order valence-corrected chi connectivity index (χ3v) is 15.3. The first-order chi connectivity index (χ1) is 42.7. The zero-order valence-electron chi connectivity index (χ0n) is 49.0. The quantitative estimate of drug-likeness (QED) is 0.0150. The van der Waals surface area contributed by atoms with E-state index in [1.165, 1.54) is 19.1 Å². The molecule has 18 N–H and O–H groups in total. The number of thiol groups is 2. The number of carbonyl (C=O) groups is 9. The average molecular weight is 1260 g/mol. The summed E-state index contributed by atoms with van der Waals surface area (Å²) >= 11 is 8.37. The Kier molecular flexibility index (Phi) is 26.8. The predicted octanol–water partition coefficient (Wildman–Crippen LogP) is 0.629. The first kappa shape index (κ1) is 69.2. The molecule has 0 aliphatic heterocycles. The summed E-state index contributed by atoms with van der Waals surface area (Å²) in [7, 11) is 0. The lowest BCUT2D eigenvalue weighted by Gasteiger charge is -2.29. The van der Waals surface area contributed by atoms with E-state index < -0.39 is 114 Å². The van der Waals surface area contributed by atoms with Gasteiger partial charge in [0.15, 0.2) is 0 Å². The molecule has 1 heterocycles. The number of aromatic hydroxyl groups is 1. The molecule has 0 bridgehead atoms. The second-order valence-electron chi connectivity index (χ2n) is 21.5. The summed E-state index contributed by atoms with van der Waals surface area (Å²) in [5.41, 5.74) is 22.2. The number of aliphatic carboxylic acids is 1. The number of nitrogen functional groups attached to an aromatic ring is 1. The molecule has 5 aromatic carbocycles. The summed E-state index contributed by atoms with van der Waals surface area (Å²) in [5, 5.41) is 52.2. The van der Waals surface area contributed by atoms with Crippen molar-refractivity contribution in [3.05, 3.63) is 167 Å². The smallest absolute Gasteiger partial charge is 0.327 e. The normalized spacial score (nSPS) is 14.5. The van der Waals surface area contributed by atoms with Gasteiger partial charge < -0.3 is 80.0 Å². The zero-order chi connectivity index (χ0) is 64.6. The molecule has 0 saturated heterocycles. The number of rotatable bonds is 34. The largest absolute Gasteiger partial charge is 0.508 e. The van der Waals surface area contributed by atoms with E-state index in [2.05, 4.69) is 72.8 Å². The van der Waals surface area contributed by atoms with Crippen LogP contribution >= 0.6 is 25.3 Å². The van der Waals surface area contributed by atoms with Crippen molar-refractivity contribution < 1.29 is 58.5 Å². The fourth-order valence-corrected chi connectivity index (χ4v) is 10.1. The van der Waals surface area contributed by atoms with Gasteiger partial charge >= 0.3 is 5.97 Å².